The van der Waals surface area contributed by atoms with Gasteiger partial charge in [-0.3, -0.25) is 0 Å². The summed E-state index contributed by atoms with van der Waals surface area (Å²) in [4.78, 5) is 4.51. The van der Waals surface area contributed by atoms with Crippen molar-refractivity contribution >= 4 is 10.0 Å². The van der Waals surface area contributed by atoms with Crippen LogP contribution >= 0.6 is 0 Å². The van der Waals surface area contributed by atoms with Crippen LogP contribution in [0.2, 0.25) is 0 Å². The van der Waals surface area contributed by atoms with Crippen molar-refractivity contribution in [1.82, 2.24) is 14.4 Å². The average molecular weight is 389 g/mol. The summed E-state index contributed by atoms with van der Waals surface area (Å²) in [6.45, 7) is 0.331. The van der Waals surface area contributed by atoms with Gasteiger partial charge in [0.1, 0.15) is 6.04 Å². The minimum atomic E-state index is -3.52. The van der Waals surface area contributed by atoms with Crippen LogP contribution in [0.15, 0.2) is 28.8 Å². The Balaban J connectivity index is 1.43. The van der Waals surface area contributed by atoms with Crippen molar-refractivity contribution in [3.05, 3.63) is 47.1 Å². The molecular weight excluding hydrogens is 366 g/mol. The van der Waals surface area contributed by atoms with E-state index in [9.17, 15) is 8.42 Å². The molecule has 2 aromatic rings. The zero-order valence-electron chi connectivity index (χ0n) is 15.2. The molecule has 1 saturated carbocycles. The molecule has 0 N–H and O–H groups in total. The first-order valence-corrected chi connectivity index (χ1v) is 11.0. The minimum Gasteiger partial charge on any atom is -0.380 e. The highest BCUT2D eigenvalue weighted by atomic mass is 32.2. The monoisotopic (exact) mass is 389 g/mol. The van der Waals surface area contributed by atoms with E-state index in [0.717, 1.165) is 24.0 Å². The first-order chi connectivity index (χ1) is 13.1. The second kappa shape index (κ2) is 6.39. The van der Waals surface area contributed by atoms with Crippen LogP contribution in [0.5, 0.6) is 0 Å². The molecule has 2 heterocycles. The number of ether oxygens (including phenoxy) is 1. The van der Waals surface area contributed by atoms with E-state index in [-0.39, 0.29) is 6.10 Å². The van der Waals surface area contributed by atoms with Gasteiger partial charge in [0.05, 0.1) is 11.4 Å². The zero-order valence-corrected chi connectivity index (χ0v) is 16.1. The molecule has 2 atom stereocenters. The summed E-state index contributed by atoms with van der Waals surface area (Å²) < 4.78 is 39.5. The van der Waals surface area contributed by atoms with E-state index in [1.54, 1.807) is 11.4 Å². The molecule has 3 aliphatic rings. The molecule has 1 aliphatic heterocycles. The van der Waals surface area contributed by atoms with E-state index in [1.807, 2.05) is 24.3 Å². The summed E-state index contributed by atoms with van der Waals surface area (Å²) in [5, 5.41) is 3.63. The third-order valence-electron chi connectivity index (χ3n) is 6.00. The average Bonchev–Trinajstić information content (AvgIpc) is 3.12. The molecule has 144 valence electrons. The van der Waals surface area contributed by atoms with Gasteiger partial charge in [-0.05, 0) is 36.8 Å². The maximum Gasteiger partial charge on any atom is 0.245 e. The maximum atomic E-state index is 13.5. The van der Waals surface area contributed by atoms with Crippen LogP contribution in [0, 0.1) is 0 Å². The highest BCUT2D eigenvalue weighted by Gasteiger charge is 2.47. The summed E-state index contributed by atoms with van der Waals surface area (Å²) >= 11 is 0. The molecule has 0 amide bonds. The van der Waals surface area contributed by atoms with Crippen molar-refractivity contribution in [3.8, 4) is 0 Å². The maximum absolute atomic E-state index is 13.5. The van der Waals surface area contributed by atoms with Crippen LogP contribution < -0.4 is 0 Å². The van der Waals surface area contributed by atoms with Gasteiger partial charge in [-0.2, -0.15) is 9.29 Å². The van der Waals surface area contributed by atoms with Crippen LogP contribution in [-0.4, -0.2) is 47.9 Å². The number of hydrogen-bond donors (Lipinski definition) is 0. The van der Waals surface area contributed by atoms with Gasteiger partial charge in [-0.15, -0.1) is 0 Å². The highest BCUT2D eigenvalue weighted by molar-refractivity contribution is 7.89. The van der Waals surface area contributed by atoms with Crippen molar-refractivity contribution in [2.45, 2.75) is 55.4 Å². The predicted octanol–water partition coefficient (Wildman–Crippen LogP) is 2.21. The Morgan fingerprint density at radius 1 is 1.19 bits per heavy atom. The van der Waals surface area contributed by atoms with E-state index in [1.165, 1.54) is 0 Å². The lowest BCUT2D eigenvalue weighted by atomic mass is 10.1. The molecule has 1 saturated heterocycles. The molecule has 7 nitrogen and oxygen atoms in total. The van der Waals surface area contributed by atoms with E-state index < -0.39 is 21.3 Å². The zero-order chi connectivity index (χ0) is 18.6. The van der Waals surface area contributed by atoms with Gasteiger partial charge >= 0.3 is 0 Å². The van der Waals surface area contributed by atoms with Crippen LogP contribution in [0.3, 0.4) is 0 Å². The molecule has 2 aliphatic carbocycles. The first kappa shape index (κ1) is 17.3. The molecular formula is C19H23N3O4S. The SMILES string of the molecule is CO[C@H]1C[C@H](c2nc(C3CC3)no2)N(S(=O)(=O)C2Cc3ccccc3C2)C1. The molecule has 5 rings (SSSR count). The standard InChI is InChI=1S/C19H23N3O4S/c1-25-15-10-17(19-20-18(21-26-19)12-6-7-12)22(11-15)27(23,24)16-8-13-4-2-3-5-14(13)9-16/h2-5,12,15-17H,6-11H2,1H3/t15-,17+/m0/s1. The largest absolute Gasteiger partial charge is 0.380 e. The molecule has 27 heavy (non-hydrogen) atoms. The van der Waals surface area contributed by atoms with Crippen molar-refractivity contribution in [2.24, 2.45) is 0 Å². The van der Waals surface area contributed by atoms with E-state index in [0.29, 0.717) is 43.4 Å². The second-order valence-electron chi connectivity index (χ2n) is 7.79. The van der Waals surface area contributed by atoms with Gasteiger partial charge in [-0.1, -0.05) is 29.4 Å². The lowest BCUT2D eigenvalue weighted by Crippen LogP contribution is -2.39. The van der Waals surface area contributed by atoms with Crippen molar-refractivity contribution < 1.29 is 17.7 Å². The minimum absolute atomic E-state index is 0.162. The third kappa shape index (κ3) is 2.99. The fourth-order valence-electron chi connectivity index (χ4n) is 4.26. The number of hydrogen-bond acceptors (Lipinski definition) is 6. The van der Waals surface area contributed by atoms with Gasteiger partial charge < -0.3 is 9.26 Å². The Kier molecular flexibility index (Phi) is 4.10. The summed E-state index contributed by atoms with van der Waals surface area (Å²) in [7, 11) is -1.90. The fourth-order valence-corrected chi connectivity index (χ4v) is 6.32. The van der Waals surface area contributed by atoms with E-state index in [2.05, 4.69) is 10.1 Å². The van der Waals surface area contributed by atoms with Crippen LogP contribution in [0.4, 0.5) is 0 Å². The number of rotatable bonds is 5. The summed E-state index contributed by atoms with van der Waals surface area (Å²) in [6.07, 6.45) is 3.64. The van der Waals surface area contributed by atoms with E-state index in [4.69, 9.17) is 9.26 Å². The molecule has 0 spiro atoms. The summed E-state index contributed by atoms with van der Waals surface area (Å²) in [5.74, 6) is 1.48. The van der Waals surface area contributed by atoms with Gasteiger partial charge in [-0.25, -0.2) is 8.42 Å². The van der Waals surface area contributed by atoms with Gasteiger partial charge in [0.2, 0.25) is 15.9 Å². The van der Waals surface area contributed by atoms with Crippen molar-refractivity contribution in [1.29, 1.82) is 0 Å². The van der Waals surface area contributed by atoms with E-state index >= 15 is 0 Å². The molecule has 0 radical (unpaired) electrons. The van der Waals surface area contributed by atoms with Gasteiger partial charge in [0.25, 0.3) is 0 Å². The van der Waals surface area contributed by atoms with Crippen molar-refractivity contribution in [2.75, 3.05) is 13.7 Å². The molecule has 1 aromatic heterocycles. The fraction of sp³-hybridized carbons (Fsp3) is 0.579. The number of methoxy groups -OCH3 is 1. The number of fused-ring (bicyclic) bond motifs is 1. The second-order valence-corrected chi connectivity index (χ2v) is 9.95. The number of aromatic nitrogens is 2. The summed E-state index contributed by atoms with van der Waals surface area (Å²) in [6, 6.07) is 7.52. The number of sulfonamides is 1. The van der Waals surface area contributed by atoms with Crippen LogP contribution in [0.1, 0.15) is 54.1 Å². The smallest absolute Gasteiger partial charge is 0.245 e. The third-order valence-corrected chi connectivity index (χ3v) is 8.23. The number of benzene rings is 1. The Bertz CT molecular complexity index is 928. The first-order valence-electron chi connectivity index (χ1n) is 9.50. The Morgan fingerprint density at radius 3 is 2.52 bits per heavy atom. The Morgan fingerprint density at radius 2 is 1.89 bits per heavy atom. The van der Waals surface area contributed by atoms with Crippen molar-refractivity contribution in [3.63, 3.8) is 0 Å². The van der Waals surface area contributed by atoms with Crippen LogP contribution in [-0.2, 0) is 27.6 Å². The highest BCUT2D eigenvalue weighted by Crippen LogP contribution is 2.41. The molecule has 8 heteroatoms. The quantitative estimate of drug-likeness (QED) is 0.779. The Hall–Kier alpha value is -1.77. The van der Waals surface area contributed by atoms with Gasteiger partial charge in [0.15, 0.2) is 5.82 Å². The molecule has 0 unspecified atom stereocenters. The lowest BCUT2D eigenvalue weighted by molar-refractivity contribution is 0.113. The van der Waals surface area contributed by atoms with Gasteiger partial charge in [0, 0.05) is 26.0 Å². The number of nitrogens with zero attached hydrogens (tertiary/aromatic N) is 3. The Labute approximate surface area is 158 Å². The molecule has 0 bridgehead atoms. The van der Waals surface area contributed by atoms with Crippen LogP contribution in [0.25, 0.3) is 0 Å². The lowest BCUT2D eigenvalue weighted by Gasteiger charge is -2.24. The topological polar surface area (TPSA) is 85.5 Å². The summed E-state index contributed by atoms with van der Waals surface area (Å²) in [5.41, 5.74) is 2.25. The molecule has 1 aromatic carbocycles. The molecule has 2 fully saturated rings. The predicted molar refractivity (Wildman–Crippen MR) is 97.7 cm³/mol. The normalized spacial score (nSPS) is 26.6.